The van der Waals surface area contributed by atoms with Crippen molar-refractivity contribution in [3.63, 3.8) is 0 Å². The molecule has 0 aliphatic rings. The zero-order valence-electron chi connectivity index (χ0n) is 12.3. The number of nitrogens with one attached hydrogen (secondary N) is 1. The van der Waals surface area contributed by atoms with Gasteiger partial charge in [-0.1, -0.05) is 0 Å². The molecule has 0 aliphatic carbocycles. The van der Waals surface area contributed by atoms with Gasteiger partial charge in [0.15, 0.2) is 5.65 Å². The fraction of sp³-hybridized carbons (Fsp3) is 0.571. The summed E-state index contributed by atoms with van der Waals surface area (Å²) in [6.45, 7) is 3.78. The molecule has 21 heavy (non-hydrogen) atoms. The van der Waals surface area contributed by atoms with Crippen molar-refractivity contribution >= 4 is 16.7 Å². The summed E-state index contributed by atoms with van der Waals surface area (Å²) in [5.74, 6) is 0. The fourth-order valence-corrected chi connectivity index (χ4v) is 2.35. The molecule has 1 unspecified atom stereocenters. The Bertz CT molecular complexity index is 618. The monoisotopic (exact) mass is 300 g/mol. The van der Waals surface area contributed by atoms with Crippen molar-refractivity contribution in [2.24, 2.45) is 7.05 Å². The van der Waals surface area contributed by atoms with Crippen molar-refractivity contribution in [2.45, 2.75) is 45.3 Å². The predicted molar refractivity (Wildman–Crippen MR) is 76.2 cm³/mol. The molecular weight excluding hydrogens is 281 g/mol. The highest BCUT2D eigenvalue weighted by molar-refractivity contribution is 5.81. The van der Waals surface area contributed by atoms with E-state index in [1.165, 1.54) is 0 Å². The van der Waals surface area contributed by atoms with Gasteiger partial charge in [0.2, 0.25) is 0 Å². The van der Waals surface area contributed by atoms with E-state index in [0.717, 1.165) is 22.4 Å². The SMILES string of the molecule is Cc1nn(C)c2ncc(NC(C)CCCC(F)(F)F)cc12. The van der Waals surface area contributed by atoms with Crippen LogP contribution < -0.4 is 5.32 Å². The molecule has 0 radical (unpaired) electrons. The Hall–Kier alpha value is -1.79. The lowest BCUT2D eigenvalue weighted by Gasteiger charge is -2.15. The highest BCUT2D eigenvalue weighted by atomic mass is 19.4. The Labute approximate surface area is 121 Å². The number of aryl methyl sites for hydroxylation is 2. The van der Waals surface area contributed by atoms with Crippen molar-refractivity contribution in [1.82, 2.24) is 14.8 Å². The molecule has 2 aromatic rings. The maximum atomic E-state index is 12.1. The number of aromatic nitrogens is 3. The second-order valence-corrected chi connectivity index (χ2v) is 5.36. The van der Waals surface area contributed by atoms with Gasteiger partial charge in [-0.3, -0.25) is 4.68 Å². The summed E-state index contributed by atoms with van der Waals surface area (Å²) >= 11 is 0. The molecular formula is C14H19F3N4. The van der Waals surface area contributed by atoms with E-state index in [1.54, 1.807) is 10.9 Å². The van der Waals surface area contributed by atoms with Crippen LogP contribution in [0.15, 0.2) is 12.3 Å². The number of halogens is 3. The fourth-order valence-electron chi connectivity index (χ4n) is 2.35. The number of hydrogen-bond donors (Lipinski definition) is 1. The zero-order chi connectivity index (χ0) is 15.6. The number of alkyl halides is 3. The van der Waals surface area contributed by atoms with E-state index in [-0.39, 0.29) is 12.5 Å². The third kappa shape index (κ3) is 4.09. The van der Waals surface area contributed by atoms with Gasteiger partial charge in [0.1, 0.15) is 0 Å². The molecule has 2 aromatic heterocycles. The molecule has 0 aromatic carbocycles. The van der Waals surface area contributed by atoms with Crippen molar-refractivity contribution in [1.29, 1.82) is 0 Å². The Morgan fingerprint density at radius 1 is 1.38 bits per heavy atom. The molecule has 0 aliphatic heterocycles. The summed E-state index contributed by atoms with van der Waals surface area (Å²) in [6.07, 6.45) is -2.54. The molecule has 0 fully saturated rings. The number of anilines is 1. The molecule has 7 heteroatoms. The maximum Gasteiger partial charge on any atom is 0.389 e. The molecule has 4 nitrogen and oxygen atoms in total. The summed E-state index contributed by atoms with van der Waals surface area (Å²) in [4.78, 5) is 4.33. The van der Waals surface area contributed by atoms with E-state index in [4.69, 9.17) is 0 Å². The van der Waals surface area contributed by atoms with Crippen LogP contribution in [0.3, 0.4) is 0 Å². The number of nitrogens with zero attached hydrogens (tertiary/aromatic N) is 3. The van der Waals surface area contributed by atoms with Gasteiger partial charge < -0.3 is 5.32 Å². The predicted octanol–water partition coefficient (Wildman–Crippen LogP) is 3.81. The van der Waals surface area contributed by atoms with Crippen LogP contribution in [0.4, 0.5) is 18.9 Å². The first-order chi connectivity index (χ1) is 9.76. The van der Waals surface area contributed by atoms with Crippen LogP contribution >= 0.6 is 0 Å². The number of fused-ring (bicyclic) bond motifs is 1. The standard InChI is InChI=1S/C14H19F3N4/c1-9(5-4-6-14(15,16)17)19-11-7-12-10(2)20-21(3)13(12)18-8-11/h7-9,19H,4-6H2,1-3H3. The van der Waals surface area contributed by atoms with Crippen LogP contribution in [0.1, 0.15) is 31.9 Å². The largest absolute Gasteiger partial charge is 0.389 e. The first kappa shape index (κ1) is 15.6. The minimum Gasteiger partial charge on any atom is -0.381 e. The molecule has 0 saturated heterocycles. The Balaban J connectivity index is 1.98. The highest BCUT2D eigenvalue weighted by Crippen LogP contribution is 2.24. The lowest BCUT2D eigenvalue weighted by Crippen LogP contribution is -2.16. The van der Waals surface area contributed by atoms with Crippen LogP contribution in [0, 0.1) is 6.92 Å². The van der Waals surface area contributed by atoms with Crippen LogP contribution in [-0.4, -0.2) is 27.0 Å². The normalized spacial score (nSPS) is 13.6. The molecule has 0 amide bonds. The van der Waals surface area contributed by atoms with Crippen molar-refractivity contribution in [3.8, 4) is 0 Å². The van der Waals surface area contributed by atoms with Crippen LogP contribution in [-0.2, 0) is 7.05 Å². The van der Waals surface area contributed by atoms with Crippen molar-refractivity contribution < 1.29 is 13.2 Å². The van der Waals surface area contributed by atoms with E-state index in [1.807, 2.05) is 27.0 Å². The first-order valence-electron chi connectivity index (χ1n) is 6.89. The molecule has 0 spiro atoms. The lowest BCUT2D eigenvalue weighted by atomic mass is 10.1. The summed E-state index contributed by atoms with van der Waals surface area (Å²) in [5, 5.41) is 8.43. The minimum atomic E-state index is -4.08. The highest BCUT2D eigenvalue weighted by Gasteiger charge is 2.26. The van der Waals surface area contributed by atoms with Gasteiger partial charge in [-0.25, -0.2) is 4.98 Å². The van der Waals surface area contributed by atoms with Gasteiger partial charge in [0.25, 0.3) is 0 Å². The summed E-state index contributed by atoms with van der Waals surface area (Å²) in [5.41, 5.74) is 2.48. The third-order valence-corrected chi connectivity index (χ3v) is 3.37. The molecule has 1 N–H and O–H groups in total. The van der Waals surface area contributed by atoms with E-state index < -0.39 is 12.6 Å². The van der Waals surface area contributed by atoms with E-state index in [2.05, 4.69) is 15.4 Å². The molecule has 116 valence electrons. The van der Waals surface area contributed by atoms with E-state index in [0.29, 0.717) is 6.42 Å². The summed E-state index contributed by atoms with van der Waals surface area (Å²) in [6, 6.07) is 1.90. The van der Waals surface area contributed by atoms with Gasteiger partial charge in [-0.15, -0.1) is 0 Å². The quantitative estimate of drug-likeness (QED) is 0.913. The van der Waals surface area contributed by atoms with Gasteiger partial charge in [-0.05, 0) is 32.8 Å². The Kier molecular flexibility index (Phi) is 4.39. The van der Waals surface area contributed by atoms with Crippen molar-refractivity contribution in [3.05, 3.63) is 18.0 Å². The minimum absolute atomic E-state index is 0.0384. The smallest absolute Gasteiger partial charge is 0.381 e. The average Bonchev–Trinajstić information content (AvgIpc) is 2.63. The second kappa shape index (κ2) is 5.91. The third-order valence-electron chi connectivity index (χ3n) is 3.37. The maximum absolute atomic E-state index is 12.1. The Morgan fingerprint density at radius 2 is 2.10 bits per heavy atom. The number of rotatable bonds is 5. The van der Waals surface area contributed by atoms with Gasteiger partial charge in [0.05, 0.1) is 17.6 Å². The lowest BCUT2D eigenvalue weighted by molar-refractivity contribution is -0.135. The van der Waals surface area contributed by atoms with Crippen molar-refractivity contribution in [2.75, 3.05) is 5.32 Å². The zero-order valence-corrected chi connectivity index (χ0v) is 12.3. The molecule has 0 saturated carbocycles. The Morgan fingerprint density at radius 3 is 2.76 bits per heavy atom. The summed E-state index contributed by atoms with van der Waals surface area (Å²) in [7, 11) is 1.83. The molecule has 2 heterocycles. The average molecular weight is 300 g/mol. The topological polar surface area (TPSA) is 42.7 Å². The van der Waals surface area contributed by atoms with E-state index >= 15 is 0 Å². The van der Waals surface area contributed by atoms with Gasteiger partial charge in [-0.2, -0.15) is 18.3 Å². The summed E-state index contributed by atoms with van der Waals surface area (Å²) < 4.78 is 38.1. The van der Waals surface area contributed by atoms with Gasteiger partial charge >= 0.3 is 6.18 Å². The van der Waals surface area contributed by atoms with Crippen LogP contribution in [0.2, 0.25) is 0 Å². The number of hydrogen-bond acceptors (Lipinski definition) is 3. The first-order valence-corrected chi connectivity index (χ1v) is 6.89. The van der Waals surface area contributed by atoms with E-state index in [9.17, 15) is 13.2 Å². The second-order valence-electron chi connectivity index (χ2n) is 5.36. The number of pyridine rings is 1. The van der Waals surface area contributed by atoms with Crippen LogP contribution in [0.25, 0.3) is 11.0 Å². The molecule has 2 rings (SSSR count). The van der Waals surface area contributed by atoms with Gasteiger partial charge in [0, 0.05) is 24.9 Å². The molecule has 1 atom stereocenters. The van der Waals surface area contributed by atoms with Crippen LogP contribution in [0.5, 0.6) is 0 Å². The molecule has 0 bridgehead atoms.